The lowest BCUT2D eigenvalue weighted by Crippen LogP contribution is -2.02. The van der Waals surface area contributed by atoms with Gasteiger partial charge in [0.25, 0.3) is 0 Å². The van der Waals surface area contributed by atoms with Gasteiger partial charge < -0.3 is 13.6 Å². The molecule has 4 heterocycles. The third-order valence-electron chi connectivity index (χ3n) is 11.4. The van der Waals surface area contributed by atoms with Gasteiger partial charge in [-0.05, 0) is 60.7 Å². The molecule has 0 aliphatic rings. The third kappa shape index (κ3) is 4.97. The first-order chi connectivity index (χ1) is 29.2. The summed E-state index contributed by atoms with van der Waals surface area (Å²) < 4.78 is 11.6. The molecule has 0 saturated carbocycles. The summed E-state index contributed by atoms with van der Waals surface area (Å²) in [7, 11) is 0. The fraction of sp³-hybridized carbons (Fsp3) is 0. The van der Waals surface area contributed by atoms with Crippen LogP contribution in [0.15, 0.2) is 186 Å². The van der Waals surface area contributed by atoms with Crippen LogP contribution in [0.2, 0.25) is 0 Å². The first kappa shape index (κ1) is 32.9. The average Bonchev–Trinajstić information content (AvgIpc) is 3.97. The number of nitriles is 1. The second-order valence-corrected chi connectivity index (χ2v) is 14.7. The molecule has 12 aromatic rings. The van der Waals surface area contributed by atoms with Gasteiger partial charge in [-0.15, -0.1) is 0 Å². The number of hydrogen-bond acceptors (Lipinski definition) is 5. The van der Waals surface area contributed by atoms with Gasteiger partial charge in [-0.2, -0.15) is 5.26 Å². The lowest BCUT2D eigenvalue weighted by molar-refractivity contribution is 0.675. The Balaban J connectivity index is 1.08. The number of hydrogen-bond donors (Lipinski definition) is 0. The SMILES string of the molecule is N#Cc1cc(-c2nc(-c3ccccc3)nc(-c3ccccc3)n2)ccc1-n1c2ccccc2c2c3oc4c(ccc5c6ccccc6n(-c6ccccc6)c54)c3ccc21. The smallest absolute Gasteiger partial charge is 0.164 e. The van der Waals surface area contributed by atoms with E-state index >= 15 is 0 Å². The summed E-state index contributed by atoms with van der Waals surface area (Å²) in [6.45, 7) is 0. The van der Waals surface area contributed by atoms with Crippen molar-refractivity contribution >= 4 is 65.6 Å². The van der Waals surface area contributed by atoms with Gasteiger partial charge in [0.1, 0.15) is 11.7 Å². The number of para-hydroxylation sites is 3. The van der Waals surface area contributed by atoms with Crippen molar-refractivity contribution in [3.8, 4) is 51.6 Å². The molecular weight excluding hydrogens is 725 g/mol. The van der Waals surface area contributed by atoms with Gasteiger partial charge in [-0.3, -0.25) is 0 Å². The lowest BCUT2D eigenvalue weighted by atomic mass is 10.1. The van der Waals surface area contributed by atoms with Crippen LogP contribution in [0.1, 0.15) is 5.56 Å². The highest BCUT2D eigenvalue weighted by atomic mass is 16.3. The van der Waals surface area contributed by atoms with Crippen molar-refractivity contribution in [3.05, 3.63) is 188 Å². The van der Waals surface area contributed by atoms with E-state index in [0.29, 0.717) is 23.0 Å². The van der Waals surface area contributed by atoms with Gasteiger partial charge in [0.2, 0.25) is 0 Å². The summed E-state index contributed by atoms with van der Waals surface area (Å²) >= 11 is 0. The van der Waals surface area contributed by atoms with Crippen LogP contribution in [0.5, 0.6) is 0 Å². The molecule has 0 aliphatic carbocycles. The van der Waals surface area contributed by atoms with E-state index in [1.807, 2.05) is 91.0 Å². The number of rotatable bonds is 5. The van der Waals surface area contributed by atoms with Crippen LogP contribution in [0.25, 0.3) is 111 Å². The molecule has 4 aromatic heterocycles. The minimum absolute atomic E-state index is 0.492. The van der Waals surface area contributed by atoms with Gasteiger partial charge in [0.05, 0.1) is 38.7 Å². The van der Waals surface area contributed by atoms with Gasteiger partial charge in [-0.25, -0.2) is 15.0 Å². The van der Waals surface area contributed by atoms with E-state index in [4.69, 9.17) is 19.4 Å². The van der Waals surface area contributed by atoms with Crippen LogP contribution >= 0.6 is 0 Å². The van der Waals surface area contributed by atoms with Gasteiger partial charge in [-0.1, -0.05) is 121 Å². The van der Waals surface area contributed by atoms with Crippen molar-refractivity contribution in [2.45, 2.75) is 0 Å². The summed E-state index contributed by atoms with van der Waals surface area (Å²) in [4.78, 5) is 14.7. The fourth-order valence-corrected chi connectivity index (χ4v) is 8.79. The highest BCUT2D eigenvalue weighted by Crippen LogP contribution is 2.45. The fourth-order valence-electron chi connectivity index (χ4n) is 8.79. The maximum absolute atomic E-state index is 10.8. The third-order valence-corrected chi connectivity index (χ3v) is 11.4. The number of fused-ring (bicyclic) bond motifs is 11. The summed E-state index contributed by atoms with van der Waals surface area (Å²) in [6, 6.07) is 64.2. The number of nitrogens with zero attached hydrogens (tertiary/aromatic N) is 6. The van der Waals surface area contributed by atoms with E-state index in [-0.39, 0.29) is 0 Å². The quantitative estimate of drug-likeness (QED) is 0.175. The zero-order valence-corrected chi connectivity index (χ0v) is 31.4. The largest absolute Gasteiger partial charge is 0.453 e. The molecule has 8 aromatic carbocycles. The van der Waals surface area contributed by atoms with Crippen molar-refractivity contribution < 1.29 is 4.42 Å². The Kier molecular flexibility index (Phi) is 7.16. The summed E-state index contributed by atoms with van der Waals surface area (Å²) in [6.07, 6.45) is 0. The number of furan rings is 1. The molecule has 12 rings (SSSR count). The van der Waals surface area contributed by atoms with E-state index in [1.165, 1.54) is 5.39 Å². The summed E-state index contributed by atoms with van der Waals surface area (Å²) in [5, 5.41) is 17.2. The Hall–Kier alpha value is -8.34. The first-order valence-electron chi connectivity index (χ1n) is 19.5. The van der Waals surface area contributed by atoms with Crippen LogP contribution < -0.4 is 0 Å². The molecule has 0 fully saturated rings. The highest BCUT2D eigenvalue weighted by Gasteiger charge is 2.24. The van der Waals surface area contributed by atoms with E-state index < -0.39 is 0 Å². The summed E-state index contributed by atoms with van der Waals surface area (Å²) in [5.41, 5.74) is 10.5. The maximum atomic E-state index is 10.8. The van der Waals surface area contributed by atoms with E-state index in [0.717, 1.165) is 88.2 Å². The minimum atomic E-state index is 0.492. The van der Waals surface area contributed by atoms with Crippen molar-refractivity contribution in [2.24, 2.45) is 0 Å². The van der Waals surface area contributed by atoms with Crippen molar-refractivity contribution in [2.75, 3.05) is 0 Å². The molecule has 0 spiro atoms. The molecular formula is C52H30N6O. The van der Waals surface area contributed by atoms with Gasteiger partial charge >= 0.3 is 0 Å². The maximum Gasteiger partial charge on any atom is 0.164 e. The minimum Gasteiger partial charge on any atom is -0.453 e. The average molecular weight is 755 g/mol. The molecule has 7 nitrogen and oxygen atoms in total. The number of benzene rings is 8. The van der Waals surface area contributed by atoms with Crippen LogP contribution in [0, 0.1) is 11.3 Å². The first-order valence-corrected chi connectivity index (χ1v) is 19.5. The second-order valence-electron chi connectivity index (χ2n) is 14.7. The molecule has 0 saturated heterocycles. The lowest BCUT2D eigenvalue weighted by Gasteiger charge is -2.12. The summed E-state index contributed by atoms with van der Waals surface area (Å²) in [5.74, 6) is 1.62. The second kappa shape index (κ2) is 12.8. The molecule has 0 radical (unpaired) electrons. The van der Waals surface area contributed by atoms with Crippen LogP contribution in [-0.4, -0.2) is 24.1 Å². The molecule has 0 amide bonds. The zero-order valence-electron chi connectivity index (χ0n) is 31.4. The predicted octanol–water partition coefficient (Wildman–Crippen LogP) is 12.8. The highest BCUT2D eigenvalue weighted by molar-refractivity contribution is 6.27. The van der Waals surface area contributed by atoms with Crippen molar-refractivity contribution in [3.63, 3.8) is 0 Å². The molecule has 0 bridgehead atoms. The zero-order chi connectivity index (χ0) is 39.0. The topological polar surface area (TPSA) is 85.5 Å². The Morgan fingerprint density at radius 3 is 1.64 bits per heavy atom. The van der Waals surface area contributed by atoms with Crippen molar-refractivity contribution in [1.82, 2.24) is 24.1 Å². The Bertz CT molecular complexity index is 3610. The molecule has 0 N–H and O–H groups in total. The molecule has 59 heavy (non-hydrogen) atoms. The predicted molar refractivity (Wildman–Crippen MR) is 237 cm³/mol. The van der Waals surface area contributed by atoms with Gasteiger partial charge in [0.15, 0.2) is 23.1 Å². The van der Waals surface area contributed by atoms with Crippen LogP contribution in [0.3, 0.4) is 0 Å². The van der Waals surface area contributed by atoms with E-state index in [9.17, 15) is 5.26 Å². The normalized spacial score (nSPS) is 11.7. The Morgan fingerprint density at radius 1 is 0.424 bits per heavy atom. The van der Waals surface area contributed by atoms with Gasteiger partial charge in [0, 0.05) is 49.3 Å². The monoisotopic (exact) mass is 754 g/mol. The standard InChI is InChI=1S/C52H30N6O/c53-31-35-30-34(52-55-50(32-14-4-1-5-15-32)54-51(56-52)33-16-6-2-7-17-33)24-28-42(35)58-44-23-13-11-21-41(44)46-45(58)29-27-39-40-26-25-38-37-20-10-12-22-43(37)57(36-18-8-3-9-19-36)47(38)49(40)59-48(39)46/h1-30H. The molecule has 0 aliphatic heterocycles. The Labute approximate surface area is 337 Å². The molecule has 0 unspecified atom stereocenters. The van der Waals surface area contributed by atoms with E-state index in [2.05, 4.69) is 106 Å². The Morgan fingerprint density at radius 2 is 0.966 bits per heavy atom. The van der Waals surface area contributed by atoms with Crippen molar-refractivity contribution in [1.29, 1.82) is 5.26 Å². The molecule has 0 atom stereocenters. The number of aromatic nitrogens is 5. The molecule has 7 heteroatoms. The van der Waals surface area contributed by atoms with E-state index in [1.54, 1.807) is 0 Å². The van der Waals surface area contributed by atoms with Crippen LogP contribution in [0.4, 0.5) is 0 Å². The van der Waals surface area contributed by atoms with Crippen LogP contribution in [-0.2, 0) is 0 Å². The molecule has 274 valence electrons.